The van der Waals surface area contributed by atoms with Crippen LogP contribution in [-0.4, -0.2) is 22.5 Å². The van der Waals surface area contributed by atoms with Crippen LogP contribution in [0.2, 0.25) is 5.02 Å². The lowest BCUT2D eigenvalue weighted by Gasteiger charge is -2.17. The van der Waals surface area contributed by atoms with Gasteiger partial charge in [-0.15, -0.1) is 0 Å². The van der Waals surface area contributed by atoms with E-state index in [2.05, 4.69) is 20.0 Å². The van der Waals surface area contributed by atoms with Crippen molar-refractivity contribution in [1.82, 2.24) is 9.97 Å². The monoisotopic (exact) mass is 397 g/mol. The van der Waals surface area contributed by atoms with Crippen LogP contribution >= 0.6 is 11.6 Å². The number of hydrogen-bond donors (Lipinski definition) is 1. The third-order valence-corrected chi connectivity index (χ3v) is 3.73. The van der Waals surface area contributed by atoms with Crippen molar-refractivity contribution in [3.63, 3.8) is 0 Å². The number of benzene rings is 2. The zero-order chi connectivity index (χ0) is 19.4. The minimum atomic E-state index is -4.58. The molecule has 0 amide bonds. The second kappa shape index (κ2) is 7.79. The first-order valence-electron chi connectivity index (χ1n) is 7.65. The van der Waals surface area contributed by atoms with Crippen molar-refractivity contribution < 1.29 is 22.3 Å². The van der Waals surface area contributed by atoms with Crippen molar-refractivity contribution in [1.29, 1.82) is 0 Å². The molecular weight excluding hydrogens is 386 g/mol. The van der Waals surface area contributed by atoms with Crippen LogP contribution in [0.5, 0.6) is 5.75 Å². The molecule has 27 heavy (non-hydrogen) atoms. The van der Waals surface area contributed by atoms with E-state index in [0.29, 0.717) is 16.3 Å². The average molecular weight is 398 g/mol. The van der Waals surface area contributed by atoms with Crippen LogP contribution in [0.1, 0.15) is 0 Å². The molecule has 1 aromatic heterocycles. The van der Waals surface area contributed by atoms with E-state index in [-0.39, 0.29) is 11.6 Å². The van der Waals surface area contributed by atoms with Crippen LogP contribution in [0.25, 0.3) is 11.3 Å². The van der Waals surface area contributed by atoms with Crippen LogP contribution in [0.4, 0.5) is 29.2 Å². The van der Waals surface area contributed by atoms with E-state index in [0.717, 1.165) is 12.1 Å². The van der Waals surface area contributed by atoms with Gasteiger partial charge in [0.05, 0.1) is 5.69 Å². The fraction of sp³-hybridized carbons (Fsp3) is 0.111. The summed E-state index contributed by atoms with van der Waals surface area (Å²) < 4.78 is 54.7. The molecule has 0 aliphatic rings. The van der Waals surface area contributed by atoms with E-state index in [1.807, 2.05) is 0 Å². The summed E-state index contributed by atoms with van der Waals surface area (Å²) in [4.78, 5) is 8.36. The summed E-state index contributed by atoms with van der Waals surface area (Å²) in [6.45, 7) is 0. The fourth-order valence-electron chi connectivity index (χ4n) is 2.21. The van der Waals surface area contributed by atoms with E-state index < -0.39 is 18.3 Å². The summed E-state index contributed by atoms with van der Waals surface area (Å²) in [5.74, 6) is -0.252. The Bertz CT molecular complexity index is 940. The third kappa shape index (κ3) is 4.65. The molecule has 0 bridgehead atoms. The molecule has 0 spiro atoms. The molecule has 0 saturated carbocycles. The molecular formula is C18H12ClF4N3O. The van der Waals surface area contributed by atoms with Gasteiger partial charge in [0.15, 0.2) is 0 Å². The minimum Gasteiger partial charge on any atom is -0.428 e. The highest BCUT2D eigenvalue weighted by atomic mass is 35.5. The molecule has 140 valence electrons. The lowest BCUT2D eigenvalue weighted by atomic mass is 10.1. The molecule has 0 atom stereocenters. The van der Waals surface area contributed by atoms with Crippen molar-refractivity contribution >= 4 is 23.2 Å². The number of alkyl halides is 4. The zero-order valence-electron chi connectivity index (χ0n) is 13.5. The van der Waals surface area contributed by atoms with Crippen LogP contribution in [0.15, 0.2) is 60.8 Å². The summed E-state index contributed by atoms with van der Waals surface area (Å²) in [7, 11) is 0. The number of nitrogens with one attached hydrogen (secondary N) is 1. The fourth-order valence-corrected chi connectivity index (χ4v) is 2.44. The molecule has 9 heteroatoms. The lowest BCUT2D eigenvalue weighted by molar-refractivity contribution is -0.253. The Hall–Kier alpha value is -2.87. The largest absolute Gasteiger partial charge is 0.461 e. The maximum Gasteiger partial charge on any atom is 0.461 e. The van der Waals surface area contributed by atoms with Gasteiger partial charge in [-0.1, -0.05) is 35.9 Å². The predicted molar refractivity (Wildman–Crippen MR) is 93.8 cm³/mol. The number of rotatable bonds is 6. The molecule has 0 fully saturated rings. The molecule has 1 heterocycles. The highest BCUT2D eigenvalue weighted by molar-refractivity contribution is 6.33. The summed E-state index contributed by atoms with van der Waals surface area (Å²) in [6, 6.07) is 13.9. The Morgan fingerprint density at radius 3 is 2.56 bits per heavy atom. The standard InChI is InChI=1S/C18H12ClF4N3O/c19-14-7-2-1-6-13(14)15-8-9-24-17(26-15)25-11-4-3-5-12(10-11)27-18(22,23)16(20)21/h1-10,16H,(H,24,25,26). The average Bonchev–Trinajstić information content (AvgIpc) is 2.62. The van der Waals surface area contributed by atoms with Crippen LogP contribution in [0.3, 0.4) is 0 Å². The summed E-state index contributed by atoms with van der Waals surface area (Å²) in [5, 5.41) is 3.32. The second-order valence-corrected chi connectivity index (χ2v) is 5.77. The summed E-state index contributed by atoms with van der Waals surface area (Å²) in [6.07, 6.45) is -7.02. The predicted octanol–water partition coefficient (Wildman–Crippen LogP) is 5.78. The van der Waals surface area contributed by atoms with E-state index in [1.54, 1.807) is 30.3 Å². The molecule has 0 unspecified atom stereocenters. The van der Waals surface area contributed by atoms with Gasteiger partial charge < -0.3 is 10.1 Å². The van der Waals surface area contributed by atoms with Crippen molar-refractivity contribution in [3.05, 3.63) is 65.8 Å². The molecule has 0 radical (unpaired) electrons. The summed E-state index contributed by atoms with van der Waals surface area (Å²) >= 11 is 6.15. The topological polar surface area (TPSA) is 47.0 Å². The number of halogens is 5. The van der Waals surface area contributed by atoms with E-state index >= 15 is 0 Å². The molecule has 4 nitrogen and oxygen atoms in total. The van der Waals surface area contributed by atoms with Gasteiger partial charge in [0, 0.05) is 28.5 Å². The molecule has 0 saturated heterocycles. The quantitative estimate of drug-likeness (QED) is 0.536. The van der Waals surface area contributed by atoms with Crippen molar-refractivity contribution in [2.45, 2.75) is 12.5 Å². The van der Waals surface area contributed by atoms with Gasteiger partial charge in [-0.05, 0) is 24.3 Å². The number of nitrogens with zero attached hydrogens (tertiary/aromatic N) is 2. The van der Waals surface area contributed by atoms with Gasteiger partial charge in [0.25, 0.3) is 0 Å². The minimum absolute atomic E-state index is 0.171. The van der Waals surface area contributed by atoms with E-state index in [4.69, 9.17) is 11.6 Å². The molecule has 2 aromatic carbocycles. The zero-order valence-corrected chi connectivity index (χ0v) is 14.3. The lowest BCUT2D eigenvalue weighted by Crippen LogP contribution is -2.33. The Morgan fingerprint density at radius 2 is 1.81 bits per heavy atom. The molecule has 0 aliphatic heterocycles. The van der Waals surface area contributed by atoms with Crippen LogP contribution in [0, 0.1) is 0 Å². The Morgan fingerprint density at radius 1 is 1.04 bits per heavy atom. The second-order valence-electron chi connectivity index (χ2n) is 5.36. The highest BCUT2D eigenvalue weighted by Gasteiger charge is 2.43. The van der Waals surface area contributed by atoms with Gasteiger partial charge >= 0.3 is 12.5 Å². The molecule has 0 aliphatic carbocycles. The van der Waals surface area contributed by atoms with Gasteiger partial charge in [-0.3, -0.25) is 0 Å². The first kappa shape index (κ1) is 18.9. The van der Waals surface area contributed by atoms with Crippen LogP contribution in [-0.2, 0) is 0 Å². The van der Waals surface area contributed by atoms with Gasteiger partial charge in [-0.25, -0.2) is 9.97 Å². The van der Waals surface area contributed by atoms with Crippen molar-refractivity contribution in [2.75, 3.05) is 5.32 Å². The number of hydrogen-bond acceptors (Lipinski definition) is 4. The highest BCUT2D eigenvalue weighted by Crippen LogP contribution is 2.30. The smallest absolute Gasteiger partial charge is 0.428 e. The van der Waals surface area contributed by atoms with Crippen molar-refractivity contribution in [3.8, 4) is 17.0 Å². The molecule has 3 aromatic rings. The van der Waals surface area contributed by atoms with Gasteiger partial charge in [-0.2, -0.15) is 17.6 Å². The number of anilines is 2. The summed E-state index contributed by atoms with van der Waals surface area (Å²) in [5.41, 5.74) is 1.53. The van der Waals surface area contributed by atoms with E-state index in [9.17, 15) is 17.6 Å². The number of aromatic nitrogens is 2. The maximum absolute atomic E-state index is 13.0. The van der Waals surface area contributed by atoms with Gasteiger partial charge in [0.1, 0.15) is 5.75 Å². The molecule has 3 rings (SSSR count). The van der Waals surface area contributed by atoms with Crippen LogP contribution < -0.4 is 10.1 Å². The first-order valence-corrected chi connectivity index (χ1v) is 8.03. The van der Waals surface area contributed by atoms with Crippen molar-refractivity contribution in [2.24, 2.45) is 0 Å². The third-order valence-electron chi connectivity index (χ3n) is 3.40. The Balaban J connectivity index is 1.81. The number of ether oxygens (including phenoxy) is 1. The SMILES string of the molecule is FC(F)C(F)(F)Oc1cccc(Nc2nccc(-c3ccccc3Cl)n2)c1. The maximum atomic E-state index is 13.0. The molecule has 1 N–H and O–H groups in total. The Labute approximate surface area is 156 Å². The normalized spacial score (nSPS) is 11.5. The first-order chi connectivity index (χ1) is 12.8. The Kier molecular flexibility index (Phi) is 5.46. The van der Waals surface area contributed by atoms with Gasteiger partial charge in [0.2, 0.25) is 5.95 Å². The van der Waals surface area contributed by atoms with E-state index in [1.165, 1.54) is 18.3 Å².